The number of hydrogen-bond acceptors (Lipinski definition) is 3. The van der Waals surface area contributed by atoms with E-state index in [0.29, 0.717) is 18.0 Å². The lowest BCUT2D eigenvalue weighted by Gasteiger charge is -2.29. The first kappa shape index (κ1) is 13.8. The van der Waals surface area contributed by atoms with Gasteiger partial charge in [-0.3, -0.25) is 4.79 Å². The zero-order valence-electron chi connectivity index (χ0n) is 11.4. The van der Waals surface area contributed by atoms with Crippen LogP contribution in [0.3, 0.4) is 0 Å². The second-order valence-corrected chi connectivity index (χ2v) is 5.37. The molecule has 5 heteroatoms. The van der Waals surface area contributed by atoms with E-state index in [-0.39, 0.29) is 11.5 Å². The van der Waals surface area contributed by atoms with Crippen molar-refractivity contribution in [2.75, 3.05) is 20.1 Å². The van der Waals surface area contributed by atoms with Crippen molar-refractivity contribution in [3.63, 3.8) is 0 Å². The number of Topliss-reactive ketones (excluding diaryl/α,β-unsaturated/α-hetero) is 1. The van der Waals surface area contributed by atoms with E-state index < -0.39 is 5.97 Å². The van der Waals surface area contributed by atoms with Gasteiger partial charge in [-0.05, 0) is 51.9 Å². The number of carbonyl (C=O) groups excluding carboxylic acids is 1. The summed E-state index contributed by atoms with van der Waals surface area (Å²) in [7, 11) is 2.10. The summed E-state index contributed by atoms with van der Waals surface area (Å²) in [5.74, 6) is -0.577. The van der Waals surface area contributed by atoms with Crippen LogP contribution in [0.15, 0.2) is 12.3 Å². The van der Waals surface area contributed by atoms with E-state index >= 15 is 0 Å². The molecule has 1 N–H and O–H groups in total. The van der Waals surface area contributed by atoms with E-state index in [1.165, 1.54) is 13.0 Å². The van der Waals surface area contributed by atoms with Crippen molar-refractivity contribution < 1.29 is 14.7 Å². The summed E-state index contributed by atoms with van der Waals surface area (Å²) in [6, 6.07) is 1.47. The lowest BCUT2D eigenvalue weighted by molar-refractivity contribution is 0.0682. The number of ketones is 1. The van der Waals surface area contributed by atoms with Gasteiger partial charge in [-0.2, -0.15) is 0 Å². The van der Waals surface area contributed by atoms with Gasteiger partial charge >= 0.3 is 5.97 Å². The van der Waals surface area contributed by atoms with Crippen LogP contribution < -0.4 is 0 Å². The maximum Gasteiger partial charge on any atom is 0.352 e. The van der Waals surface area contributed by atoms with Crippen LogP contribution in [-0.4, -0.2) is 46.5 Å². The van der Waals surface area contributed by atoms with E-state index in [1.807, 2.05) is 0 Å². The molecule has 19 heavy (non-hydrogen) atoms. The van der Waals surface area contributed by atoms with E-state index in [0.717, 1.165) is 25.9 Å². The topological polar surface area (TPSA) is 62.5 Å². The molecule has 0 bridgehead atoms. The van der Waals surface area contributed by atoms with Crippen molar-refractivity contribution in [3.05, 3.63) is 23.5 Å². The zero-order valence-corrected chi connectivity index (χ0v) is 11.4. The Hall–Kier alpha value is -1.62. The van der Waals surface area contributed by atoms with Gasteiger partial charge in [0.05, 0.1) is 0 Å². The lowest BCUT2D eigenvalue weighted by atomic mass is 9.97. The van der Waals surface area contributed by atoms with Gasteiger partial charge in [-0.1, -0.05) is 0 Å². The normalized spacial score (nSPS) is 17.6. The van der Waals surface area contributed by atoms with Gasteiger partial charge in [0.2, 0.25) is 0 Å². The molecule has 1 aliphatic rings. The van der Waals surface area contributed by atoms with Crippen LogP contribution in [0.4, 0.5) is 0 Å². The van der Waals surface area contributed by atoms with Crippen molar-refractivity contribution in [1.82, 2.24) is 9.47 Å². The average Bonchev–Trinajstić information content (AvgIpc) is 2.76. The Bertz CT molecular complexity index is 485. The fourth-order valence-corrected chi connectivity index (χ4v) is 2.56. The highest BCUT2D eigenvalue weighted by Gasteiger charge is 2.20. The van der Waals surface area contributed by atoms with Gasteiger partial charge in [0.25, 0.3) is 0 Å². The maximum atomic E-state index is 11.4. The van der Waals surface area contributed by atoms with Crippen LogP contribution in [-0.2, 0) is 6.54 Å². The monoisotopic (exact) mass is 264 g/mol. The van der Waals surface area contributed by atoms with Crippen LogP contribution in [0.2, 0.25) is 0 Å². The molecule has 0 spiro atoms. The lowest BCUT2D eigenvalue weighted by Crippen LogP contribution is -2.32. The zero-order chi connectivity index (χ0) is 14.0. The third-order valence-electron chi connectivity index (χ3n) is 3.82. The second-order valence-electron chi connectivity index (χ2n) is 5.37. The smallest absolute Gasteiger partial charge is 0.352 e. The molecule has 0 radical (unpaired) electrons. The summed E-state index contributed by atoms with van der Waals surface area (Å²) < 4.78 is 1.72. The van der Waals surface area contributed by atoms with Crippen molar-refractivity contribution in [2.24, 2.45) is 5.92 Å². The Morgan fingerprint density at radius 1 is 1.37 bits per heavy atom. The number of rotatable bonds is 4. The van der Waals surface area contributed by atoms with Crippen LogP contribution in [0.5, 0.6) is 0 Å². The Kier molecular flexibility index (Phi) is 4.04. The maximum absolute atomic E-state index is 11.4. The summed E-state index contributed by atoms with van der Waals surface area (Å²) in [6.07, 6.45) is 3.82. The van der Waals surface area contributed by atoms with Crippen molar-refractivity contribution in [2.45, 2.75) is 26.3 Å². The first-order chi connectivity index (χ1) is 8.97. The molecule has 5 nitrogen and oxygen atoms in total. The third kappa shape index (κ3) is 3.23. The summed E-state index contributed by atoms with van der Waals surface area (Å²) in [5.41, 5.74) is 0.689. The Morgan fingerprint density at radius 3 is 2.53 bits per heavy atom. The molecule has 1 fully saturated rings. The number of carboxylic acid groups (broad SMARTS) is 1. The van der Waals surface area contributed by atoms with Gasteiger partial charge in [0.1, 0.15) is 5.69 Å². The molecule has 0 amide bonds. The quantitative estimate of drug-likeness (QED) is 0.841. The molecule has 0 aliphatic carbocycles. The highest BCUT2D eigenvalue weighted by atomic mass is 16.4. The molecule has 1 saturated heterocycles. The highest BCUT2D eigenvalue weighted by Crippen LogP contribution is 2.20. The van der Waals surface area contributed by atoms with E-state index in [4.69, 9.17) is 0 Å². The fourth-order valence-electron chi connectivity index (χ4n) is 2.56. The van der Waals surface area contributed by atoms with Gasteiger partial charge in [0.15, 0.2) is 5.78 Å². The highest BCUT2D eigenvalue weighted by molar-refractivity contribution is 5.97. The predicted octanol–water partition coefficient (Wildman–Crippen LogP) is 1.73. The number of nitrogens with zero attached hydrogens (tertiary/aromatic N) is 2. The number of hydrogen-bond donors (Lipinski definition) is 1. The largest absolute Gasteiger partial charge is 0.477 e. The van der Waals surface area contributed by atoms with Crippen molar-refractivity contribution in [1.29, 1.82) is 0 Å². The Labute approximate surface area is 112 Å². The molecule has 1 aliphatic heterocycles. The number of aromatic carboxylic acids is 1. The van der Waals surface area contributed by atoms with E-state index in [9.17, 15) is 14.7 Å². The summed E-state index contributed by atoms with van der Waals surface area (Å²) >= 11 is 0. The minimum Gasteiger partial charge on any atom is -0.477 e. The minimum atomic E-state index is -0.972. The molecular formula is C14H20N2O3. The van der Waals surface area contributed by atoms with Crippen molar-refractivity contribution in [3.8, 4) is 0 Å². The standard InChI is InChI=1S/C14H20N2O3/c1-10(17)12-7-13(14(18)19)16(9-12)8-11-3-5-15(2)6-4-11/h7,9,11H,3-6,8H2,1-2H3,(H,18,19). The van der Waals surface area contributed by atoms with Gasteiger partial charge in [0, 0.05) is 18.3 Å². The number of aromatic nitrogens is 1. The third-order valence-corrected chi connectivity index (χ3v) is 3.82. The molecule has 104 valence electrons. The molecule has 0 aromatic carbocycles. The first-order valence-electron chi connectivity index (χ1n) is 6.60. The average molecular weight is 264 g/mol. The number of likely N-dealkylation sites (tertiary alicyclic amines) is 1. The van der Waals surface area contributed by atoms with Crippen molar-refractivity contribution >= 4 is 11.8 Å². The summed E-state index contributed by atoms with van der Waals surface area (Å²) in [6.45, 7) is 4.24. The van der Waals surface area contributed by atoms with Crippen LogP contribution in [0.1, 0.15) is 40.6 Å². The molecule has 0 unspecified atom stereocenters. The number of carbonyl (C=O) groups is 2. The number of piperidine rings is 1. The Balaban J connectivity index is 2.14. The summed E-state index contributed by atoms with van der Waals surface area (Å²) in [5, 5.41) is 9.19. The molecule has 2 heterocycles. The van der Waals surface area contributed by atoms with Gasteiger partial charge in [-0.25, -0.2) is 4.79 Å². The van der Waals surface area contributed by atoms with Crippen LogP contribution >= 0.6 is 0 Å². The Morgan fingerprint density at radius 2 is 2.00 bits per heavy atom. The van der Waals surface area contributed by atoms with E-state index in [2.05, 4.69) is 11.9 Å². The molecule has 1 aromatic rings. The molecule has 1 aromatic heterocycles. The second kappa shape index (κ2) is 5.57. The summed E-state index contributed by atoms with van der Waals surface area (Å²) in [4.78, 5) is 24.8. The van der Waals surface area contributed by atoms with Gasteiger partial charge < -0.3 is 14.6 Å². The molecule has 2 rings (SSSR count). The van der Waals surface area contributed by atoms with Crippen LogP contribution in [0.25, 0.3) is 0 Å². The molecule has 0 atom stereocenters. The molecular weight excluding hydrogens is 244 g/mol. The predicted molar refractivity (Wildman–Crippen MR) is 71.6 cm³/mol. The minimum absolute atomic E-state index is 0.0929. The molecule has 0 saturated carbocycles. The SMILES string of the molecule is CC(=O)c1cc(C(=O)O)n(CC2CCN(C)CC2)c1. The van der Waals surface area contributed by atoms with Crippen LogP contribution in [0, 0.1) is 5.92 Å². The number of carboxylic acids is 1. The first-order valence-corrected chi connectivity index (χ1v) is 6.60. The fraction of sp³-hybridized carbons (Fsp3) is 0.571. The van der Waals surface area contributed by atoms with Gasteiger partial charge in [-0.15, -0.1) is 0 Å². The van der Waals surface area contributed by atoms with E-state index in [1.54, 1.807) is 10.8 Å².